The molecule has 4 N–H and O–H groups in total. The molecule has 0 spiro atoms. The molecule has 0 aromatic rings. The van der Waals surface area contributed by atoms with Crippen molar-refractivity contribution in [3.05, 3.63) is 0 Å². The lowest BCUT2D eigenvalue weighted by molar-refractivity contribution is -0.141. The Bertz CT molecular complexity index is 196. The molecule has 1 aliphatic rings. The fourth-order valence-corrected chi connectivity index (χ4v) is 2.06. The van der Waals surface area contributed by atoms with Gasteiger partial charge in [-0.1, -0.05) is 19.3 Å². The van der Waals surface area contributed by atoms with Crippen molar-refractivity contribution in [2.24, 2.45) is 17.6 Å². The monoisotopic (exact) mass is 184 g/mol. The highest BCUT2D eigenvalue weighted by atomic mass is 16.4. The Hall–Kier alpha value is -1.06. The highest BCUT2D eigenvalue weighted by molar-refractivity contribution is 5.97. The van der Waals surface area contributed by atoms with Crippen molar-refractivity contribution in [3.8, 4) is 0 Å². The first-order valence-electron chi connectivity index (χ1n) is 4.69. The number of nitrogens with two attached hydrogens (primary N) is 1. The molecule has 1 saturated carbocycles. The lowest BCUT2D eigenvalue weighted by Crippen LogP contribution is -2.36. The summed E-state index contributed by atoms with van der Waals surface area (Å²) in [6, 6.07) is 0. The Balaban J connectivity index is 2.62. The molecule has 1 unspecified atom stereocenters. The summed E-state index contributed by atoms with van der Waals surface area (Å²) in [6.45, 7) is 0. The largest absolute Gasteiger partial charge is 0.481 e. The third-order valence-corrected chi connectivity index (χ3v) is 2.72. The third-order valence-electron chi connectivity index (χ3n) is 2.72. The fourth-order valence-electron chi connectivity index (χ4n) is 2.06. The maximum atomic E-state index is 10.8. The number of amidine groups is 1. The molecule has 1 fully saturated rings. The molecule has 1 aliphatic carbocycles. The summed E-state index contributed by atoms with van der Waals surface area (Å²) in [4.78, 5) is 10.8. The van der Waals surface area contributed by atoms with Gasteiger partial charge < -0.3 is 10.8 Å². The Kier molecular flexibility index (Phi) is 3.28. The molecular weight excluding hydrogens is 168 g/mol. The van der Waals surface area contributed by atoms with E-state index in [2.05, 4.69) is 0 Å². The van der Waals surface area contributed by atoms with E-state index in [1.54, 1.807) is 0 Å². The maximum absolute atomic E-state index is 10.8. The SMILES string of the molecule is N=C(N)C(C(=O)O)C1CCCCC1. The van der Waals surface area contributed by atoms with Gasteiger partial charge in [-0.25, -0.2) is 0 Å². The Labute approximate surface area is 77.6 Å². The quantitative estimate of drug-likeness (QED) is 0.455. The van der Waals surface area contributed by atoms with Gasteiger partial charge in [0, 0.05) is 0 Å². The number of rotatable bonds is 3. The van der Waals surface area contributed by atoms with Crippen LogP contribution in [-0.4, -0.2) is 16.9 Å². The molecule has 0 bridgehead atoms. The molecule has 0 radical (unpaired) electrons. The third kappa shape index (κ3) is 2.44. The van der Waals surface area contributed by atoms with E-state index in [1.807, 2.05) is 0 Å². The molecule has 1 rings (SSSR count). The predicted octanol–water partition coefficient (Wildman–Crippen LogP) is 1.20. The zero-order valence-corrected chi connectivity index (χ0v) is 7.62. The minimum Gasteiger partial charge on any atom is -0.481 e. The van der Waals surface area contributed by atoms with Gasteiger partial charge in [0.05, 0.1) is 0 Å². The van der Waals surface area contributed by atoms with Crippen LogP contribution < -0.4 is 5.73 Å². The first kappa shape index (κ1) is 10.0. The second kappa shape index (κ2) is 4.25. The zero-order chi connectivity index (χ0) is 9.84. The molecule has 4 heteroatoms. The van der Waals surface area contributed by atoms with Crippen LogP contribution in [0.25, 0.3) is 0 Å². The molecule has 0 aromatic carbocycles. The van der Waals surface area contributed by atoms with Crippen LogP contribution >= 0.6 is 0 Å². The molecule has 0 aromatic heterocycles. The zero-order valence-electron chi connectivity index (χ0n) is 7.62. The number of aliphatic carboxylic acids is 1. The number of carboxylic acid groups (broad SMARTS) is 1. The smallest absolute Gasteiger partial charge is 0.314 e. The van der Waals surface area contributed by atoms with Crippen molar-refractivity contribution in [1.29, 1.82) is 5.41 Å². The number of nitrogens with one attached hydrogen (secondary N) is 1. The van der Waals surface area contributed by atoms with E-state index in [4.69, 9.17) is 16.2 Å². The molecule has 1 atom stereocenters. The van der Waals surface area contributed by atoms with E-state index in [1.165, 1.54) is 6.42 Å². The predicted molar refractivity (Wildman–Crippen MR) is 49.6 cm³/mol. The van der Waals surface area contributed by atoms with E-state index in [-0.39, 0.29) is 11.8 Å². The average molecular weight is 184 g/mol. The summed E-state index contributed by atoms with van der Waals surface area (Å²) in [5.41, 5.74) is 5.27. The number of hydrogen-bond donors (Lipinski definition) is 3. The van der Waals surface area contributed by atoms with Gasteiger partial charge in [-0.3, -0.25) is 10.2 Å². The van der Waals surface area contributed by atoms with Gasteiger partial charge in [-0.15, -0.1) is 0 Å². The topological polar surface area (TPSA) is 87.2 Å². The Morgan fingerprint density at radius 1 is 1.38 bits per heavy atom. The van der Waals surface area contributed by atoms with E-state index < -0.39 is 11.9 Å². The number of carbonyl (C=O) groups is 1. The van der Waals surface area contributed by atoms with Crippen LogP contribution in [0.15, 0.2) is 0 Å². The minimum atomic E-state index is -0.945. The van der Waals surface area contributed by atoms with Gasteiger partial charge in [0.1, 0.15) is 11.8 Å². The highest BCUT2D eigenvalue weighted by Crippen LogP contribution is 2.30. The molecule has 13 heavy (non-hydrogen) atoms. The van der Waals surface area contributed by atoms with Crippen molar-refractivity contribution >= 4 is 11.8 Å². The van der Waals surface area contributed by atoms with Gasteiger partial charge in [-0.2, -0.15) is 0 Å². The van der Waals surface area contributed by atoms with Crippen molar-refractivity contribution in [2.75, 3.05) is 0 Å². The lowest BCUT2D eigenvalue weighted by atomic mass is 9.79. The van der Waals surface area contributed by atoms with E-state index >= 15 is 0 Å². The van der Waals surface area contributed by atoms with E-state index in [0.717, 1.165) is 25.7 Å². The fraction of sp³-hybridized carbons (Fsp3) is 0.778. The first-order valence-corrected chi connectivity index (χ1v) is 4.69. The molecule has 0 saturated heterocycles. The van der Waals surface area contributed by atoms with Crippen LogP contribution in [0.4, 0.5) is 0 Å². The summed E-state index contributed by atoms with van der Waals surface area (Å²) in [5.74, 6) is -1.80. The summed E-state index contributed by atoms with van der Waals surface area (Å²) in [7, 11) is 0. The van der Waals surface area contributed by atoms with Gasteiger partial charge in [0.25, 0.3) is 0 Å². The van der Waals surface area contributed by atoms with Crippen molar-refractivity contribution in [3.63, 3.8) is 0 Å². The van der Waals surface area contributed by atoms with Crippen molar-refractivity contribution < 1.29 is 9.90 Å². The second-order valence-corrected chi connectivity index (χ2v) is 3.67. The summed E-state index contributed by atoms with van der Waals surface area (Å²) in [5, 5.41) is 16.1. The number of hydrogen-bond acceptors (Lipinski definition) is 2. The molecular formula is C9H16N2O2. The van der Waals surface area contributed by atoms with Crippen molar-refractivity contribution in [2.45, 2.75) is 32.1 Å². The van der Waals surface area contributed by atoms with Crippen LogP contribution in [0.2, 0.25) is 0 Å². The van der Waals surface area contributed by atoms with Crippen LogP contribution in [0.5, 0.6) is 0 Å². The minimum absolute atomic E-state index is 0.0868. The number of carboxylic acids is 1. The van der Waals surface area contributed by atoms with Crippen molar-refractivity contribution in [1.82, 2.24) is 0 Å². The highest BCUT2D eigenvalue weighted by Gasteiger charge is 2.31. The molecule has 0 aliphatic heterocycles. The van der Waals surface area contributed by atoms with E-state index in [0.29, 0.717) is 0 Å². The van der Waals surface area contributed by atoms with Crippen LogP contribution in [0.1, 0.15) is 32.1 Å². The Morgan fingerprint density at radius 2 is 1.92 bits per heavy atom. The second-order valence-electron chi connectivity index (χ2n) is 3.67. The van der Waals surface area contributed by atoms with Gasteiger partial charge in [0.15, 0.2) is 0 Å². The standard InChI is InChI=1S/C9H16N2O2/c10-8(11)7(9(12)13)6-4-2-1-3-5-6/h6-7H,1-5H2,(H3,10,11)(H,12,13). The molecule has 0 amide bonds. The van der Waals surface area contributed by atoms with Crippen LogP contribution in [0.3, 0.4) is 0 Å². The van der Waals surface area contributed by atoms with E-state index in [9.17, 15) is 4.79 Å². The lowest BCUT2D eigenvalue weighted by Gasteiger charge is -2.26. The molecule has 74 valence electrons. The summed E-state index contributed by atoms with van der Waals surface area (Å²) < 4.78 is 0. The van der Waals surface area contributed by atoms with Crippen LogP contribution in [0, 0.1) is 17.2 Å². The van der Waals surface area contributed by atoms with Gasteiger partial charge in [-0.05, 0) is 18.8 Å². The first-order chi connectivity index (χ1) is 6.13. The molecule has 4 nitrogen and oxygen atoms in total. The summed E-state index contributed by atoms with van der Waals surface area (Å²) >= 11 is 0. The van der Waals surface area contributed by atoms with Gasteiger partial charge >= 0.3 is 5.97 Å². The normalized spacial score (nSPS) is 20.9. The maximum Gasteiger partial charge on any atom is 0.314 e. The Morgan fingerprint density at radius 3 is 2.31 bits per heavy atom. The summed E-state index contributed by atoms with van der Waals surface area (Å²) in [6.07, 6.45) is 5.12. The van der Waals surface area contributed by atoms with Crippen LogP contribution in [-0.2, 0) is 4.79 Å². The van der Waals surface area contributed by atoms with Gasteiger partial charge in [0.2, 0.25) is 0 Å². The average Bonchev–Trinajstić information content (AvgIpc) is 2.04. The molecule has 0 heterocycles.